The van der Waals surface area contributed by atoms with Crippen molar-refractivity contribution < 1.29 is 5.11 Å². The van der Waals surface area contributed by atoms with E-state index in [-0.39, 0.29) is 5.75 Å². The molecule has 1 aromatic carbocycles. The predicted octanol–water partition coefficient (Wildman–Crippen LogP) is 2.61. The first-order valence-electron chi connectivity index (χ1n) is 6.55. The van der Waals surface area contributed by atoms with Crippen LogP contribution in [0.25, 0.3) is 0 Å². The Morgan fingerprint density at radius 2 is 2.06 bits per heavy atom. The molecule has 2 rings (SSSR count). The van der Waals surface area contributed by atoms with Gasteiger partial charge in [0, 0.05) is 0 Å². The third-order valence-corrected chi connectivity index (χ3v) is 3.57. The Morgan fingerprint density at radius 3 is 2.61 bits per heavy atom. The highest BCUT2D eigenvalue weighted by Gasteiger charge is 2.28. The van der Waals surface area contributed by atoms with Gasteiger partial charge in [-0.05, 0) is 62.8 Å². The van der Waals surface area contributed by atoms with Crippen LogP contribution in [0.15, 0.2) is 24.3 Å². The van der Waals surface area contributed by atoms with E-state index < -0.39 is 5.54 Å². The van der Waals surface area contributed by atoms with E-state index >= 15 is 0 Å². The van der Waals surface area contributed by atoms with Gasteiger partial charge in [0.05, 0.1) is 6.07 Å². The van der Waals surface area contributed by atoms with E-state index in [9.17, 15) is 10.4 Å². The van der Waals surface area contributed by atoms with E-state index in [0.29, 0.717) is 0 Å². The van der Waals surface area contributed by atoms with Crippen LogP contribution in [0, 0.1) is 17.2 Å². The lowest BCUT2D eigenvalue weighted by molar-refractivity contribution is 0.409. The quantitative estimate of drug-likeness (QED) is 0.808. The summed E-state index contributed by atoms with van der Waals surface area (Å²) >= 11 is 0. The number of nitriles is 1. The van der Waals surface area contributed by atoms with Crippen LogP contribution in [0.5, 0.6) is 5.75 Å². The molecule has 18 heavy (non-hydrogen) atoms. The number of nitrogens with zero attached hydrogens (tertiary/aromatic N) is 1. The second kappa shape index (κ2) is 5.41. The smallest absolute Gasteiger partial charge is 0.115 e. The highest BCUT2D eigenvalue weighted by Crippen LogP contribution is 2.28. The van der Waals surface area contributed by atoms with Gasteiger partial charge in [-0.25, -0.2) is 0 Å². The van der Waals surface area contributed by atoms with Crippen molar-refractivity contribution in [3.05, 3.63) is 29.8 Å². The molecule has 1 saturated carbocycles. The zero-order chi connectivity index (χ0) is 13.0. The lowest BCUT2D eigenvalue weighted by Crippen LogP contribution is -2.42. The number of benzene rings is 1. The van der Waals surface area contributed by atoms with Crippen molar-refractivity contribution in [1.29, 1.82) is 5.26 Å². The number of hydrogen-bond acceptors (Lipinski definition) is 3. The maximum atomic E-state index is 9.29. The number of phenolic OH excluding ortho intramolecular Hbond substituents is 1. The number of aryl methyl sites for hydroxylation is 1. The molecule has 0 heterocycles. The van der Waals surface area contributed by atoms with Crippen LogP contribution in [-0.4, -0.2) is 17.2 Å². The Labute approximate surface area is 108 Å². The van der Waals surface area contributed by atoms with Gasteiger partial charge in [0.2, 0.25) is 0 Å². The fourth-order valence-electron chi connectivity index (χ4n) is 1.93. The molecule has 3 heteroatoms. The lowest BCUT2D eigenvalue weighted by atomic mass is 9.94. The van der Waals surface area contributed by atoms with Crippen LogP contribution in [-0.2, 0) is 6.42 Å². The summed E-state index contributed by atoms with van der Waals surface area (Å²) in [5.41, 5.74) is 0.711. The minimum absolute atomic E-state index is 0.286. The van der Waals surface area contributed by atoms with Crippen molar-refractivity contribution in [2.75, 3.05) is 6.54 Å². The summed E-state index contributed by atoms with van der Waals surface area (Å²) in [4.78, 5) is 0. The molecule has 0 bridgehead atoms. The fourth-order valence-corrected chi connectivity index (χ4v) is 1.93. The average molecular weight is 244 g/mol. The molecular formula is C15H20N2O. The molecule has 3 nitrogen and oxygen atoms in total. The second-order valence-corrected chi connectivity index (χ2v) is 5.43. The van der Waals surface area contributed by atoms with E-state index in [0.717, 1.165) is 30.9 Å². The van der Waals surface area contributed by atoms with Gasteiger partial charge in [-0.3, -0.25) is 5.32 Å². The summed E-state index contributed by atoms with van der Waals surface area (Å²) in [6.07, 6.45) is 4.24. The molecule has 1 aliphatic rings. The summed E-state index contributed by atoms with van der Waals surface area (Å²) in [5, 5.41) is 21.9. The number of phenols is 1. The van der Waals surface area contributed by atoms with Gasteiger partial charge in [0.1, 0.15) is 11.3 Å². The highest BCUT2D eigenvalue weighted by molar-refractivity contribution is 5.26. The van der Waals surface area contributed by atoms with Gasteiger partial charge in [-0.15, -0.1) is 0 Å². The molecule has 0 spiro atoms. The van der Waals surface area contributed by atoms with Gasteiger partial charge < -0.3 is 5.11 Å². The van der Waals surface area contributed by atoms with Crippen LogP contribution in [0.3, 0.4) is 0 Å². The number of nitrogens with one attached hydrogen (secondary N) is 1. The summed E-state index contributed by atoms with van der Waals surface area (Å²) in [6.45, 7) is 2.93. The van der Waals surface area contributed by atoms with Gasteiger partial charge in [0.25, 0.3) is 0 Å². The average Bonchev–Trinajstić information content (AvgIpc) is 3.20. The zero-order valence-electron chi connectivity index (χ0n) is 10.8. The van der Waals surface area contributed by atoms with Crippen LogP contribution in [0.1, 0.15) is 31.7 Å². The van der Waals surface area contributed by atoms with E-state index in [1.165, 1.54) is 12.8 Å². The van der Waals surface area contributed by atoms with Crippen molar-refractivity contribution >= 4 is 0 Å². The standard InChI is InChI=1S/C15H20N2O/c1-15(11-16,17-10-13-2-3-13)9-8-12-4-6-14(18)7-5-12/h4-7,13,17-18H,2-3,8-10H2,1H3. The predicted molar refractivity (Wildman–Crippen MR) is 71.2 cm³/mol. The van der Waals surface area contributed by atoms with Crippen LogP contribution >= 0.6 is 0 Å². The summed E-state index contributed by atoms with van der Waals surface area (Å²) in [5.74, 6) is 1.07. The molecule has 2 N–H and O–H groups in total. The Kier molecular flexibility index (Phi) is 3.88. The topological polar surface area (TPSA) is 56.0 Å². The summed E-state index contributed by atoms with van der Waals surface area (Å²) in [6, 6.07) is 9.59. The molecule has 96 valence electrons. The van der Waals surface area contributed by atoms with Crippen molar-refractivity contribution in [3.8, 4) is 11.8 Å². The monoisotopic (exact) mass is 244 g/mol. The minimum Gasteiger partial charge on any atom is -0.508 e. The molecular weight excluding hydrogens is 224 g/mol. The number of rotatable bonds is 6. The molecule has 0 saturated heterocycles. The fraction of sp³-hybridized carbons (Fsp3) is 0.533. The maximum Gasteiger partial charge on any atom is 0.115 e. The minimum atomic E-state index is -0.444. The largest absolute Gasteiger partial charge is 0.508 e. The molecule has 0 radical (unpaired) electrons. The first-order chi connectivity index (χ1) is 8.61. The highest BCUT2D eigenvalue weighted by atomic mass is 16.3. The third-order valence-electron chi connectivity index (χ3n) is 3.57. The van der Waals surface area contributed by atoms with Crippen molar-refractivity contribution in [1.82, 2.24) is 5.32 Å². The zero-order valence-corrected chi connectivity index (χ0v) is 10.8. The van der Waals surface area contributed by atoms with E-state index in [1.807, 2.05) is 19.1 Å². The first-order valence-corrected chi connectivity index (χ1v) is 6.55. The normalized spacial score (nSPS) is 18.0. The summed E-state index contributed by atoms with van der Waals surface area (Å²) < 4.78 is 0. The number of hydrogen-bond donors (Lipinski definition) is 2. The van der Waals surface area contributed by atoms with Gasteiger partial charge in [0.15, 0.2) is 0 Å². The second-order valence-electron chi connectivity index (χ2n) is 5.43. The lowest BCUT2D eigenvalue weighted by Gasteiger charge is -2.23. The van der Waals surface area contributed by atoms with Gasteiger partial charge in [-0.1, -0.05) is 12.1 Å². The van der Waals surface area contributed by atoms with Gasteiger partial charge >= 0.3 is 0 Å². The summed E-state index contributed by atoms with van der Waals surface area (Å²) in [7, 11) is 0. The van der Waals surface area contributed by atoms with E-state index in [1.54, 1.807) is 12.1 Å². The molecule has 0 amide bonds. The Balaban J connectivity index is 1.85. The number of aromatic hydroxyl groups is 1. The molecule has 1 unspecified atom stereocenters. The maximum absolute atomic E-state index is 9.29. The van der Waals surface area contributed by atoms with Crippen molar-refractivity contribution in [2.24, 2.45) is 5.92 Å². The Hall–Kier alpha value is -1.53. The Bertz CT molecular complexity index is 431. The SMILES string of the molecule is CC(C#N)(CCc1ccc(O)cc1)NCC1CC1. The van der Waals surface area contributed by atoms with Crippen molar-refractivity contribution in [3.63, 3.8) is 0 Å². The molecule has 1 atom stereocenters. The molecule has 1 aliphatic carbocycles. The molecule has 0 aliphatic heterocycles. The van der Waals surface area contributed by atoms with E-state index in [4.69, 9.17) is 0 Å². The molecule has 1 fully saturated rings. The van der Waals surface area contributed by atoms with Crippen LogP contribution < -0.4 is 5.32 Å². The van der Waals surface area contributed by atoms with Crippen LogP contribution in [0.2, 0.25) is 0 Å². The molecule has 1 aromatic rings. The molecule has 0 aromatic heterocycles. The van der Waals surface area contributed by atoms with Gasteiger partial charge in [-0.2, -0.15) is 5.26 Å². The van der Waals surface area contributed by atoms with Crippen LogP contribution in [0.4, 0.5) is 0 Å². The van der Waals surface area contributed by atoms with Crippen molar-refractivity contribution in [2.45, 2.75) is 38.1 Å². The van der Waals surface area contributed by atoms with E-state index in [2.05, 4.69) is 11.4 Å². The first kappa shape index (κ1) is 12.9. The Morgan fingerprint density at radius 1 is 1.39 bits per heavy atom. The third kappa shape index (κ3) is 3.75.